The summed E-state index contributed by atoms with van der Waals surface area (Å²) in [7, 11) is 0. The number of nitrogens with two attached hydrogens (primary N) is 1. The topological polar surface area (TPSA) is 97.1 Å². The number of hydrogen-bond acceptors (Lipinski definition) is 5. The average molecular weight is 455 g/mol. The van der Waals surface area contributed by atoms with Crippen molar-refractivity contribution in [2.75, 3.05) is 18.9 Å². The molecule has 6 heteroatoms. The van der Waals surface area contributed by atoms with Gasteiger partial charge in [0.2, 0.25) is 0 Å². The van der Waals surface area contributed by atoms with Gasteiger partial charge < -0.3 is 15.6 Å². The zero-order valence-electron chi connectivity index (χ0n) is 20.7. The Bertz CT molecular complexity index is 908. The van der Waals surface area contributed by atoms with Gasteiger partial charge in [-0.3, -0.25) is 0 Å². The molecule has 1 heterocycles. The lowest BCUT2D eigenvalue weighted by Gasteiger charge is -2.57. The van der Waals surface area contributed by atoms with Crippen LogP contribution in [0.5, 0.6) is 0 Å². The number of aliphatic hydroxyl groups is 1. The fourth-order valence-electron chi connectivity index (χ4n) is 9.17. The fraction of sp³-hybridized carbons (Fsp3) is 0.852. The Labute approximate surface area is 198 Å². The van der Waals surface area contributed by atoms with Gasteiger partial charge in [0.05, 0.1) is 24.4 Å². The maximum Gasteiger partial charge on any atom is 0.140 e. The normalized spacial score (nSPS) is 43.2. The summed E-state index contributed by atoms with van der Waals surface area (Å²) < 4.78 is 7.55. The molecule has 1 aromatic rings. The van der Waals surface area contributed by atoms with E-state index in [4.69, 9.17) is 10.5 Å². The van der Waals surface area contributed by atoms with E-state index in [-0.39, 0.29) is 6.04 Å². The highest BCUT2D eigenvalue weighted by atomic mass is 16.5. The van der Waals surface area contributed by atoms with Gasteiger partial charge in [0.15, 0.2) is 0 Å². The van der Waals surface area contributed by atoms with E-state index in [0.717, 1.165) is 36.5 Å². The van der Waals surface area contributed by atoms with E-state index in [9.17, 15) is 10.4 Å². The van der Waals surface area contributed by atoms with Gasteiger partial charge in [-0.15, -0.1) is 0 Å². The minimum Gasteiger partial charge on any atom is -0.387 e. The lowest BCUT2D eigenvalue weighted by molar-refractivity contribution is -0.129. The Morgan fingerprint density at radius 2 is 2.00 bits per heavy atom. The summed E-state index contributed by atoms with van der Waals surface area (Å²) in [5.41, 5.74) is 6.48. The van der Waals surface area contributed by atoms with E-state index in [0.29, 0.717) is 41.8 Å². The van der Waals surface area contributed by atoms with Gasteiger partial charge in [0.25, 0.3) is 0 Å². The predicted molar refractivity (Wildman–Crippen MR) is 128 cm³/mol. The second-order valence-electron chi connectivity index (χ2n) is 12.0. The molecule has 0 aromatic carbocycles. The fourth-order valence-corrected chi connectivity index (χ4v) is 9.17. The zero-order chi connectivity index (χ0) is 23.4. The summed E-state index contributed by atoms with van der Waals surface area (Å²) in [5, 5.41) is 24.9. The van der Waals surface area contributed by atoms with Crippen molar-refractivity contribution in [1.82, 2.24) is 9.78 Å². The van der Waals surface area contributed by atoms with E-state index in [1.807, 2.05) is 11.6 Å². The second-order valence-corrected chi connectivity index (χ2v) is 12.0. The van der Waals surface area contributed by atoms with E-state index in [2.05, 4.69) is 25.0 Å². The molecule has 0 aliphatic heterocycles. The zero-order valence-corrected chi connectivity index (χ0v) is 20.7. The molecule has 182 valence electrons. The highest BCUT2D eigenvalue weighted by Crippen LogP contribution is 2.66. The SMILES string of the molecule is CCOC[C@@]1(O)CC[C@H]2C(CC[C@@H]3[C@@H]2CC[C@]2(C)[C@@H]([C@@H](C)n4ncc(C#N)c4N)CC[C@@H]32)C1. The molecule has 3 N–H and O–H groups in total. The van der Waals surface area contributed by atoms with Crippen molar-refractivity contribution in [1.29, 1.82) is 5.26 Å². The highest BCUT2D eigenvalue weighted by Gasteiger charge is 2.58. The first-order chi connectivity index (χ1) is 15.8. The molecule has 0 spiro atoms. The third-order valence-electron chi connectivity index (χ3n) is 10.7. The first kappa shape index (κ1) is 23.2. The molecule has 33 heavy (non-hydrogen) atoms. The van der Waals surface area contributed by atoms with Crippen LogP contribution in [0.2, 0.25) is 0 Å². The van der Waals surface area contributed by atoms with Gasteiger partial charge in [0.1, 0.15) is 17.5 Å². The third kappa shape index (κ3) is 3.71. The van der Waals surface area contributed by atoms with Crippen molar-refractivity contribution in [2.24, 2.45) is 40.9 Å². The van der Waals surface area contributed by atoms with Crippen molar-refractivity contribution in [3.05, 3.63) is 11.8 Å². The number of rotatable bonds is 5. The minimum absolute atomic E-state index is 0.221. The quantitative estimate of drug-likeness (QED) is 0.657. The molecule has 4 saturated carbocycles. The number of nitriles is 1. The number of ether oxygens (including phenoxy) is 1. The van der Waals surface area contributed by atoms with Crippen LogP contribution in [0.15, 0.2) is 6.20 Å². The van der Waals surface area contributed by atoms with Crippen molar-refractivity contribution >= 4 is 5.82 Å². The summed E-state index contributed by atoms with van der Waals surface area (Å²) in [6, 6.07) is 2.39. The summed E-state index contributed by atoms with van der Waals surface area (Å²) in [5.74, 6) is 4.95. The van der Waals surface area contributed by atoms with Crippen LogP contribution < -0.4 is 5.73 Å². The molecule has 0 amide bonds. The van der Waals surface area contributed by atoms with Crippen molar-refractivity contribution in [3.8, 4) is 6.07 Å². The van der Waals surface area contributed by atoms with Gasteiger partial charge in [-0.25, -0.2) is 4.68 Å². The van der Waals surface area contributed by atoms with Crippen molar-refractivity contribution in [2.45, 2.75) is 90.2 Å². The van der Waals surface area contributed by atoms with E-state index in [1.54, 1.807) is 6.20 Å². The van der Waals surface area contributed by atoms with Crippen LogP contribution in [0, 0.1) is 52.3 Å². The number of fused-ring (bicyclic) bond motifs is 5. The third-order valence-corrected chi connectivity index (χ3v) is 10.7. The van der Waals surface area contributed by atoms with Gasteiger partial charge in [-0.2, -0.15) is 10.4 Å². The highest BCUT2D eigenvalue weighted by molar-refractivity contribution is 5.47. The van der Waals surface area contributed by atoms with E-state index < -0.39 is 5.60 Å². The van der Waals surface area contributed by atoms with Crippen LogP contribution in [0.3, 0.4) is 0 Å². The summed E-state index contributed by atoms with van der Waals surface area (Å²) >= 11 is 0. The van der Waals surface area contributed by atoms with Gasteiger partial charge in [-0.05, 0) is 113 Å². The lowest BCUT2D eigenvalue weighted by Crippen LogP contribution is -2.52. The molecule has 4 aliphatic carbocycles. The maximum absolute atomic E-state index is 11.1. The Balaban J connectivity index is 1.31. The molecule has 0 saturated heterocycles. The summed E-state index contributed by atoms with van der Waals surface area (Å²) in [6.07, 6.45) is 12.4. The first-order valence-corrected chi connectivity index (χ1v) is 13.3. The number of nitrogen functional groups attached to an aromatic ring is 1. The molecule has 5 rings (SSSR count). The largest absolute Gasteiger partial charge is 0.387 e. The van der Waals surface area contributed by atoms with E-state index in [1.165, 1.54) is 44.9 Å². The van der Waals surface area contributed by atoms with Crippen LogP contribution in [-0.2, 0) is 4.74 Å². The van der Waals surface area contributed by atoms with Crippen LogP contribution in [-0.4, -0.2) is 33.7 Å². The Kier molecular flexibility index (Phi) is 6.02. The van der Waals surface area contributed by atoms with Gasteiger partial charge in [-0.1, -0.05) is 6.92 Å². The van der Waals surface area contributed by atoms with Crippen LogP contribution in [0.4, 0.5) is 5.82 Å². The summed E-state index contributed by atoms with van der Waals surface area (Å²) in [6.45, 7) is 8.00. The molecule has 0 bridgehead atoms. The number of hydrogen-bond donors (Lipinski definition) is 2. The average Bonchev–Trinajstić information content (AvgIpc) is 3.36. The number of anilines is 1. The molecular weight excluding hydrogens is 412 g/mol. The Morgan fingerprint density at radius 3 is 2.73 bits per heavy atom. The molecule has 0 radical (unpaired) electrons. The predicted octanol–water partition coefficient (Wildman–Crippen LogP) is 4.93. The minimum atomic E-state index is -0.604. The molecule has 4 fully saturated rings. The maximum atomic E-state index is 11.1. The van der Waals surface area contributed by atoms with Crippen molar-refractivity contribution < 1.29 is 9.84 Å². The Morgan fingerprint density at radius 1 is 1.21 bits per heavy atom. The lowest BCUT2D eigenvalue weighted by atomic mass is 9.48. The molecule has 1 aromatic heterocycles. The van der Waals surface area contributed by atoms with Gasteiger partial charge >= 0.3 is 0 Å². The van der Waals surface area contributed by atoms with Crippen LogP contribution >= 0.6 is 0 Å². The van der Waals surface area contributed by atoms with Gasteiger partial charge in [0, 0.05) is 6.61 Å². The first-order valence-electron chi connectivity index (χ1n) is 13.3. The van der Waals surface area contributed by atoms with Crippen LogP contribution in [0.25, 0.3) is 0 Å². The number of nitrogens with zero attached hydrogens (tertiary/aromatic N) is 3. The Hall–Kier alpha value is -1.58. The smallest absolute Gasteiger partial charge is 0.140 e. The molecule has 1 unspecified atom stereocenters. The molecule has 9 atom stereocenters. The molecular formula is C27H42N4O2. The van der Waals surface area contributed by atoms with Crippen molar-refractivity contribution in [3.63, 3.8) is 0 Å². The van der Waals surface area contributed by atoms with Crippen LogP contribution in [0.1, 0.15) is 90.2 Å². The second kappa shape index (κ2) is 8.57. The standard InChI is InChI=1S/C27H42N4O2/c1-4-33-16-27(32)12-10-20-18(13-27)5-6-22-21(20)9-11-26(3)23(7-8-24(22)26)17(2)31-25(29)19(14-28)15-30-31/h15,17-18,20-24,32H,4-13,16,29H2,1-3H3/t17-,18?,20+,21-,22-,23-,24+,26-,27-/m1/s1. The summed E-state index contributed by atoms with van der Waals surface area (Å²) in [4.78, 5) is 0. The monoisotopic (exact) mass is 454 g/mol. The molecule has 6 nitrogen and oxygen atoms in total. The molecule has 4 aliphatic rings. The van der Waals surface area contributed by atoms with E-state index >= 15 is 0 Å². The number of aromatic nitrogens is 2.